The zero-order valence-corrected chi connectivity index (χ0v) is 7.64. The fourth-order valence-electron chi connectivity index (χ4n) is 1.28. The van der Waals surface area contributed by atoms with Gasteiger partial charge in [-0.05, 0) is 19.8 Å². The van der Waals surface area contributed by atoms with Crippen LogP contribution in [0.2, 0.25) is 0 Å². The Morgan fingerprint density at radius 3 is 2.50 bits per heavy atom. The Morgan fingerprint density at radius 2 is 2.00 bits per heavy atom. The molecule has 0 aliphatic carbocycles. The van der Waals surface area contributed by atoms with Crippen LogP contribution >= 0.6 is 0 Å². The summed E-state index contributed by atoms with van der Waals surface area (Å²) in [5.74, 6) is 0. The lowest BCUT2D eigenvalue weighted by Gasteiger charge is -2.34. The summed E-state index contributed by atoms with van der Waals surface area (Å²) in [5, 5.41) is 5.46. The highest BCUT2D eigenvalue weighted by Gasteiger charge is 2.28. The Labute approximate surface area is 72.7 Å². The Balaban J connectivity index is 2.41. The van der Waals surface area contributed by atoms with Crippen molar-refractivity contribution in [1.29, 1.82) is 0 Å². The second-order valence-electron chi connectivity index (χ2n) is 3.38. The minimum absolute atomic E-state index is 0.0850. The van der Waals surface area contributed by atoms with Gasteiger partial charge >= 0.3 is 6.03 Å². The van der Waals surface area contributed by atoms with Crippen LogP contribution in [-0.4, -0.2) is 31.8 Å². The lowest BCUT2D eigenvalue weighted by molar-refractivity contribution is 0.0493. The maximum atomic E-state index is 11.0. The summed E-state index contributed by atoms with van der Waals surface area (Å²) in [6, 6.07) is -0.112. The third-order valence-corrected chi connectivity index (χ3v) is 2.24. The van der Waals surface area contributed by atoms with Gasteiger partial charge in [0.05, 0.1) is 0 Å². The van der Waals surface area contributed by atoms with Crippen molar-refractivity contribution in [3.05, 3.63) is 0 Å². The molecule has 0 unspecified atom stereocenters. The second-order valence-corrected chi connectivity index (χ2v) is 3.38. The fraction of sp³-hybridized carbons (Fsp3) is 0.875. The molecule has 1 fully saturated rings. The van der Waals surface area contributed by atoms with Gasteiger partial charge in [0, 0.05) is 25.8 Å². The van der Waals surface area contributed by atoms with E-state index in [1.165, 1.54) is 0 Å². The molecule has 0 aromatic heterocycles. The topological polar surface area (TPSA) is 50.4 Å². The molecule has 12 heavy (non-hydrogen) atoms. The van der Waals surface area contributed by atoms with Gasteiger partial charge in [0.2, 0.25) is 0 Å². The van der Waals surface area contributed by atoms with Crippen molar-refractivity contribution in [2.75, 3.05) is 20.3 Å². The van der Waals surface area contributed by atoms with Crippen molar-refractivity contribution in [1.82, 2.24) is 10.6 Å². The summed E-state index contributed by atoms with van der Waals surface area (Å²) in [5.41, 5.74) is -0.0850. The smallest absolute Gasteiger partial charge is 0.314 e. The normalized spacial score (nSPS) is 21.5. The summed E-state index contributed by atoms with van der Waals surface area (Å²) in [6.45, 7) is 3.52. The van der Waals surface area contributed by atoms with Gasteiger partial charge < -0.3 is 15.4 Å². The molecule has 2 N–H and O–H groups in total. The number of ether oxygens (including phenoxy) is 1. The molecular formula is C8H16N2O2. The van der Waals surface area contributed by atoms with Crippen LogP contribution in [0.1, 0.15) is 19.8 Å². The van der Waals surface area contributed by atoms with E-state index in [4.69, 9.17) is 4.74 Å². The molecule has 1 aliphatic heterocycles. The van der Waals surface area contributed by atoms with Crippen molar-refractivity contribution in [3.63, 3.8) is 0 Å². The lowest BCUT2D eigenvalue weighted by Crippen LogP contribution is -2.52. The van der Waals surface area contributed by atoms with E-state index in [0.29, 0.717) is 0 Å². The van der Waals surface area contributed by atoms with Crippen molar-refractivity contribution in [2.45, 2.75) is 25.3 Å². The molecule has 1 aliphatic rings. The number of rotatable bonds is 1. The first-order valence-electron chi connectivity index (χ1n) is 4.24. The highest BCUT2D eigenvalue weighted by molar-refractivity contribution is 5.74. The SMILES string of the molecule is CNC(=O)NC1(C)CCOCC1. The summed E-state index contributed by atoms with van der Waals surface area (Å²) >= 11 is 0. The van der Waals surface area contributed by atoms with Crippen LogP contribution in [0.15, 0.2) is 0 Å². The minimum atomic E-state index is -0.112. The first kappa shape index (κ1) is 9.32. The van der Waals surface area contributed by atoms with Gasteiger partial charge in [0.1, 0.15) is 0 Å². The van der Waals surface area contributed by atoms with Gasteiger partial charge in [-0.15, -0.1) is 0 Å². The van der Waals surface area contributed by atoms with Crippen LogP contribution in [0, 0.1) is 0 Å². The molecule has 1 rings (SSSR count). The molecule has 2 amide bonds. The molecule has 0 aromatic carbocycles. The first-order chi connectivity index (χ1) is 5.66. The summed E-state index contributed by atoms with van der Waals surface area (Å²) in [7, 11) is 1.62. The summed E-state index contributed by atoms with van der Waals surface area (Å²) < 4.78 is 5.21. The van der Waals surface area contributed by atoms with E-state index >= 15 is 0 Å². The maximum absolute atomic E-state index is 11.0. The molecule has 0 spiro atoms. The average molecular weight is 172 g/mol. The number of carbonyl (C=O) groups is 1. The fourth-order valence-corrected chi connectivity index (χ4v) is 1.28. The highest BCUT2D eigenvalue weighted by atomic mass is 16.5. The van der Waals surface area contributed by atoms with Gasteiger partial charge in [0.25, 0.3) is 0 Å². The van der Waals surface area contributed by atoms with Crippen molar-refractivity contribution in [2.24, 2.45) is 0 Å². The van der Waals surface area contributed by atoms with E-state index in [9.17, 15) is 4.79 Å². The number of hydrogen-bond acceptors (Lipinski definition) is 2. The number of amides is 2. The van der Waals surface area contributed by atoms with Gasteiger partial charge in [-0.25, -0.2) is 4.79 Å². The molecule has 0 radical (unpaired) electrons. The molecule has 0 aromatic rings. The Kier molecular flexibility index (Phi) is 2.92. The lowest BCUT2D eigenvalue weighted by atomic mass is 9.93. The predicted molar refractivity (Wildman–Crippen MR) is 46.0 cm³/mol. The largest absolute Gasteiger partial charge is 0.381 e. The molecule has 1 saturated heterocycles. The van der Waals surface area contributed by atoms with Crippen LogP contribution < -0.4 is 10.6 Å². The third kappa shape index (κ3) is 2.37. The van der Waals surface area contributed by atoms with Gasteiger partial charge in [0.15, 0.2) is 0 Å². The Bertz CT molecular complexity index is 164. The number of nitrogens with one attached hydrogen (secondary N) is 2. The van der Waals surface area contributed by atoms with Crippen LogP contribution in [0.5, 0.6) is 0 Å². The second kappa shape index (κ2) is 3.76. The highest BCUT2D eigenvalue weighted by Crippen LogP contribution is 2.19. The van der Waals surface area contributed by atoms with E-state index in [-0.39, 0.29) is 11.6 Å². The van der Waals surface area contributed by atoms with Gasteiger partial charge in [-0.2, -0.15) is 0 Å². The quantitative estimate of drug-likeness (QED) is 0.604. The molecule has 4 heteroatoms. The zero-order chi connectivity index (χ0) is 9.03. The zero-order valence-electron chi connectivity index (χ0n) is 7.64. The van der Waals surface area contributed by atoms with E-state index < -0.39 is 0 Å². The molecule has 4 nitrogen and oxygen atoms in total. The standard InChI is InChI=1S/C8H16N2O2/c1-8(10-7(11)9-2)3-5-12-6-4-8/h3-6H2,1-2H3,(H2,9,10,11). The van der Waals surface area contributed by atoms with E-state index in [0.717, 1.165) is 26.1 Å². The van der Waals surface area contributed by atoms with Crippen LogP contribution in [-0.2, 0) is 4.74 Å². The molecule has 0 saturated carbocycles. The van der Waals surface area contributed by atoms with Crippen LogP contribution in [0.4, 0.5) is 4.79 Å². The van der Waals surface area contributed by atoms with E-state index in [1.54, 1.807) is 7.05 Å². The van der Waals surface area contributed by atoms with Crippen LogP contribution in [0.25, 0.3) is 0 Å². The van der Waals surface area contributed by atoms with Crippen molar-refractivity contribution >= 4 is 6.03 Å². The average Bonchev–Trinajstić information content (AvgIpc) is 2.05. The minimum Gasteiger partial charge on any atom is -0.381 e. The van der Waals surface area contributed by atoms with Gasteiger partial charge in [-0.3, -0.25) is 0 Å². The third-order valence-electron chi connectivity index (χ3n) is 2.24. The summed E-state index contributed by atoms with van der Waals surface area (Å²) in [4.78, 5) is 11.0. The molecule has 0 atom stereocenters. The van der Waals surface area contributed by atoms with Crippen molar-refractivity contribution in [3.8, 4) is 0 Å². The van der Waals surface area contributed by atoms with Gasteiger partial charge in [-0.1, -0.05) is 0 Å². The Morgan fingerprint density at radius 1 is 1.42 bits per heavy atom. The van der Waals surface area contributed by atoms with E-state index in [1.807, 2.05) is 6.92 Å². The number of urea groups is 1. The predicted octanol–water partition coefficient (Wildman–Crippen LogP) is 0.484. The maximum Gasteiger partial charge on any atom is 0.314 e. The molecular weight excluding hydrogens is 156 g/mol. The number of hydrogen-bond donors (Lipinski definition) is 2. The summed E-state index contributed by atoms with van der Waals surface area (Å²) in [6.07, 6.45) is 1.78. The molecule has 70 valence electrons. The van der Waals surface area contributed by atoms with Crippen molar-refractivity contribution < 1.29 is 9.53 Å². The number of carbonyl (C=O) groups excluding carboxylic acids is 1. The first-order valence-corrected chi connectivity index (χ1v) is 4.24. The molecule has 1 heterocycles. The monoisotopic (exact) mass is 172 g/mol. The van der Waals surface area contributed by atoms with Crippen LogP contribution in [0.3, 0.4) is 0 Å². The Hall–Kier alpha value is -0.770. The van der Waals surface area contributed by atoms with E-state index in [2.05, 4.69) is 10.6 Å². The molecule has 0 bridgehead atoms.